The molecule has 8 heteroatoms. The van der Waals surface area contributed by atoms with Crippen molar-refractivity contribution in [3.05, 3.63) is 28.3 Å². The van der Waals surface area contributed by atoms with Crippen LogP contribution in [0.15, 0.2) is 21.2 Å². The second-order valence-corrected chi connectivity index (χ2v) is 7.06. The number of aryl methyl sites for hydroxylation is 1. The number of oxazole rings is 1. The molecule has 0 aliphatic carbocycles. The molecule has 26 heavy (non-hydrogen) atoms. The molecule has 0 aromatic carbocycles. The Labute approximate surface area is 171 Å². The van der Waals surface area contributed by atoms with Gasteiger partial charge in [-0.3, -0.25) is 4.79 Å². The third-order valence-electron chi connectivity index (χ3n) is 4.51. The fourth-order valence-corrected chi connectivity index (χ4v) is 3.85. The van der Waals surface area contributed by atoms with Crippen LogP contribution in [0.2, 0.25) is 0 Å². The molecule has 1 amide bonds. The van der Waals surface area contributed by atoms with Crippen molar-refractivity contribution in [2.45, 2.75) is 45.6 Å². The summed E-state index contributed by atoms with van der Waals surface area (Å²) >= 11 is 1.61. The maximum absolute atomic E-state index is 12.9. The number of carbonyl (C=O) groups excluding carboxylic acids is 1. The highest BCUT2D eigenvalue weighted by atomic mass is 35.5. The molecule has 0 spiro atoms. The molecule has 5 nitrogen and oxygen atoms in total. The molecule has 1 aliphatic rings. The van der Waals surface area contributed by atoms with E-state index < -0.39 is 0 Å². The lowest BCUT2D eigenvalue weighted by Crippen LogP contribution is -2.47. The van der Waals surface area contributed by atoms with Crippen molar-refractivity contribution in [2.75, 3.05) is 19.6 Å². The van der Waals surface area contributed by atoms with Crippen molar-refractivity contribution in [1.29, 1.82) is 0 Å². The summed E-state index contributed by atoms with van der Waals surface area (Å²) in [5, 5.41) is 7.37. The molecule has 1 N–H and O–H groups in total. The van der Waals surface area contributed by atoms with Crippen molar-refractivity contribution in [3.63, 3.8) is 0 Å². The minimum atomic E-state index is 0. The number of amides is 1. The van der Waals surface area contributed by atoms with Crippen LogP contribution in [-0.4, -0.2) is 41.5 Å². The van der Waals surface area contributed by atoms with Gasteiger partial charge in [-0.15, -0.1) is 24.8 Å². The first-order valence-corrected chi connectivity index (χ1v) is 9.62. The van der Waals surface area contributed by atoms with Crippen LogP contribution in [0.25, 0.3) is 11.5 Å². The van der Waals surface area contributed by atoms with Crippen LogP contribution in [0.3, 0.4) is 0 Å². The van der Waals surface area contributed by atoms with E-state index in [4.69, 9.17) is 4.42 Å². The van der Waals surface area contributed by atoms with E-state index >= 15 is 0 Å². The highest BCUT2D eigenvalue weighted by Crippen LogP contribution is 2.24. The standard InChI is InChI=1S/C18H25N3O2S.2ClH/c1-3-9-21(15-4-7-19-8-5-15)17(22)11-16-13(2)23-18(20-16)14-6-10-24-12-14;;/h6,10,12,15,19H,3-5,7-9,11H2,1-2H3;2*1H. The fraction of sp³-hybridized carbons (Fsp3) is 0.556. The molecule has 3 heterocycles. The van der Waals surface area contributed by atoms with Crippen LogP contribution in [0, 0.1) is 6.92 Å². The second-order valence-electron chi connectivity index (χ2n) is 6.28. The maximum Gasteiger partial charge on any atom is 0.228 e. The molecular weight excluding hydrogens is 393 g/mol. The predicted octanol–water partition coefficient (Wildman–Crippen LogP) is 4.09. The summed E-state index contributed by atoms with van der Waals surface area (Å²) in [5.41, 5.74) is 1.74. The Morgan fingerprint density at radius 1 is 1.38 bits per heavy atom. The average Bonchev–Trinajstić information content (AvgIpc) is 3.24. The van der Waals surface area contributed by atoms with Crippen LogP contribution in [0.1, 0.15) is 37.6 Å². The number of nitrogens with one attached hydrogen (secondary N) is 1. The van der Waals surface area contributed by atoms with Gasteiger partial charge in [0.25, 0.3) is 0 Å². The van der Waals surface area contributed by atoms with Gasteiger partial charge in [0.1, 0.15) is 5.76 Å². The summed E-state index contributed by atoms with van der Waals surface area (Å²) in [6.07, 6.45) is 3.37. The van der Waals surface area contributed by atoms with Crippen LogP contribution in [0.4, 0.5) is 0 Å². The van der Waals surface area contributed by atoms with Gasteiger partial charge in [0, 0.05) is 23.5 Å². The van der Waals surface area contributed by atoms with E-state index in [1.165, 1.54) is 0 Å². The Morgan fingerprint density at radius 2 is 2.12 bits per heavy atom. The van der Waals surface area contributed by atoms with Gasteiger partial charge >= 0.3 is 0 Å². The van der Waals surface area contributed by atoms with Crippen LogP contribution < -0.4 is 5.32 Å². The van der Waals surface area contributed by atoms with Crippen LogP contribution >= 0.6 is 36.2 Å². The minimum Gasteiger partial charge on any atom is -0.441 e. The van der Waals surface area contributed by atoms with E-state index in [2.05, 4.69) is 22.1 Å². The molecule has 1 aliphatic heterocycles. The Bertz CT molecular complexity index is 670. The first-order valence-electron chi connectivity index (χ1n) is 8.68. The first-order chi connectivity index (χ1) is 11.7. The van der Waals surface area contributed by atoms with E-state index in [1.54, 1.807) is 11.3 Å². The number of hydrogen-bond donors (Lipinski definition) is 1. The number of aromatic nitrogens is 1. The van der Waals surface area contributed by atoms with Gasteiger partial charge in [-0.1, -0.05) is 6.92 Å². The molecule has 146 valence electrons. The first kappa shape index (κ1) is 23.0. The van der Waals surface area contributed by atoms with Crippen molar-refractivity contribution >= 4 is 42.1 Å². The average molecular weight is 420 g/mol. The number of nitrogens with zero attached hydrogens (tertiary/aromatic N) is 2. The van der Waals surface area contributed by atoms with Crippen LogP contribution in [-0.2, 0) is 11.2 Å². The zero-order valence-electron chi connectivity index (χ0n) is 15.2. The van der Waals surface area contributed by atoms with Gasteiger partial charge in [-0.2, -0.15) is 11.3 Å². The quantitative estimate of drug-likeness (QED) is 0.765. The summed E-state index contributed by atoms with van der Waals surface area (Å²) in [5.74, 6) is 1.52. The maximum atomic E-state index is 12.9. The van der Waals surface area contributed by atoms with Crippen LogP contribution in [0.5, 0.6) is 0 Å². The minimum absolute atomic E-state index is 0. The molecule has 1 fully saturated rings. The molecule has 2 aromatic heterocycles. The Balaban J connectivity index is 0.00000169. The number of piperidine rings is 1. The van der Waals surface area contributed by atoms with Crippen molar-refractivity contribution in [2.24, 2.45) is 0 Å². The number of thiophene rings is 1. The fourth-order valence-electron chi connectivity index (χ4n) is 3.22. The van der Waals surface area contributed by atoms with Crippen molar-refractivity contribution < 1.29 is 9.21 Å². The smallest absolute Gasteiger partial charge is 0.228 e. The van der Waals surface area contributed by atoms with E-state index in [9.17, 15) is 4.79 Å². The van der Waals surface area contributed by atoms with E-state index in [1.807, 2.05) is 23.8 Å². The predicted molar refractivity (Wildman–Crippen MR) is 111 cm³/mol. The summed E-state index contributed by atoms with van der Waals surface area (Å²) in [4.78, 5) is 19.5. The molecule has 3 rings (SSSR count). The molecule has 0 unspecified atom stereocenters. The molecule has 2 aromatic rings. The monoisotopic (exact) mass is 419 g/mol. The van der Waals surface area contributed by atoms with E-state index in [0.29, 0.717) is 18.4 Å². The highest BCUT2D eigenvalue weighted by Gasteiger charge is 2.26. The Morgan fingerprint density at radius 3 is 2.73 bits per heavy atom. The van der Waals surface area contributed by atoms with E-state index in [-0.39, 0.29) is 30.7 Å². The van der Waals surface area contributed by atoms with Gasteiger partial charge in [0.15, 0.2) is 0 Å². The summed E-state index contributed by atoms with van der Waals surface area (Å²) in [7, 11) is 0. The summed E-state index contributed by atoms with van der Waals surface area (Å²) < 4.78 is 5.76. The van der Waals surface area contributed by atoms with Gasteiger partial charge in [-0.25, -0.2) is 4.98 Å². The normalized spacial score (nSPS) is 14.4. The molecule has 0 radical (unpaired) electrons. The topological polar surface area (TPSA) is 58.4 Å². The lowest BCUT2D eigenvalue weighted by Gasteiger charge is -2.34. The SMILES string of the molecule is CCCN(C(=O)Cc1nc(-c2ccsc2)oc1C)C1CCNCC1.Cl.Cl. The van der Waals surface area contributed by atoms with E-state index in [0.717, 1.165) is 55.9 Å². The molecule has 0 atom stereocenters. The lowest BCUT2D eigenvalue weighted by molar-refractivity contribution is -0.133. The zero-order chi connectivity index (χ0) is 16.9. The molecular formula is C18H27Cl2N3O2S. The zero-order valence-corrected chi connectivity index (χ0v) is 17.6. The Hall–Kier alpha value is -1.08. The highest BCUT2D eigenvalue weighted by molar-refractivity contribution is 7.08. The second kappa shape index (κ2) is 10.9. The lowest BCUT2D eigenvalue weighted by atomic mass is 10.0. The third-order valence-corrected chi connectivity index (χ3v) is 5.20. The number of hydrogen-bond acceptors (Lipinski definition) is 5. The largest absolute Gasteiger partial charge is 0.441 e. The van der Waals surface area contributed by atoms with Gasteiger partial charge < -0.3 is 14.6 Å². The third kappa shape index (κ3) is 5.46. The number of halogens is 2. The number of rotatable bonds is 6. The van der Waals surface area contributed by atoms with Gasteiger partial charge in [-0.05, 0) is 50.7 Å². The Kier molecular flexibility index (Phi) is 9.64. The van der Waals surface area contributed by atoms with Gasteiger partial charge in [0.2, 0.25) is 11.8 Å². The summed E-state index contributed by atoms with van der Waals surface area (Å²) in [6, 6.07) is 2.34. The van der Waals surface area contributed by atoms with Gasteiger partial charge in [0.05, 0.1) is 12.1 Å². The molecule has 0 saturated carbocycles. The molecule has 1 saturated heterocycles. The summed E-state index contributed by atoms with van der Waals surface area (Å²) in [6.45, 7) is 6.81. The van der Waals surface area contributed by atoms with Crippen molar-refractivity contribution in [1.82, 2.24) is 15.2 Å². The van der Waals surface area contributed by atoms with Crippen molar-refractivity contribution in [3.8, 4) is 11.5 Å². The molecule has 0 bridgehead atoms. The number of carbonyl (C=O) groups is 1.